The number of methoxy groups -OCH3 is 1. The van der Waals surface area contributed by atoms with Crippen LogP contribution < -0.4 is 9.47 Å². The third-order valence-electron chi connectivity index (χ3n) is 6.31. The average Bonchev–Trinajstić information content (AvgIpc) is 2.84. The van der Waals surface area contributed by atoms with Gasteiger partial charge >= 0.3 is 0 Å². The first-order valence-electron chi connectivity index (χ1n) is 9.34. The molecule has 0 radical (unpaired) electrons. The van der Waals surface area contributed by atoms with Crippen LogP contribution in [-0.2, 0) is 20.3 Å². The molecule has 0 spiro atoms. The van der Waals surface area contributed by atoms with E-state index >= 15 is 0 Å². The first-order valence-corrected chi connectivity index (χ1v) is 10.5. The highest BCUT2D eigenvalue weighted by Gasteiger charge is 2.61. The summed E-state index contributed by atoms with van der Waals surface area (Å²) in [7, 11) is 0.306. The van der Waals surface area contributed by atoms with Crippen molar-refractivity contribution in [2.45, 2.75) is 58.0 Å². The molecule has 0 aliphatic carbocycles. The zero-order valence-corrected chi connectivity index (χ0v) is 17.9. The third-order valence-corrected chi connectivity index (χ3v) is 8.54. The zero-order chi connectivity index (χ0) is 19.8. The van der Waals surface area contributed by atoms with Crippen molar-refractivity contribution in [1.82, 2.24) is 0 Å². The molecule has 4 atom stereocenters. The number of rotatable bonds is 1. The van der Waals surface area contributed by atoms with Crippen LogP contribution in [0.5, 0.6) is 11.5 Å². The molecule has 1 aromatic carbocycles. The topological polar surface area (TPSA) is 54.0 Å². The lowest BCUT2D eigenvalue weighted by Crippen LogP contribution is -2.47. The molecule has 3 aliphatic rings. The van der Waals surface area contributed by atoms with E-state index in [1.165, 1.54) is 0 Å². The second kappa shape index (κ2) is 5.66. The number of hydrogen-bond acceptors (Lipinski definition) is 5. The fourth-order valence-corrected chi connectivity index (χ4v) is 5.94. The van der Waals surface area contributed by atoms with E-state index < -0.39 is 21.3 Å². The molecule has 0 saturated heterocycles. The van der Waals surface area contributed by atoms with Crippen LogP contribution in [0.3, 0.4) is 0 Å². The number of ether oxygens (including phenoxy) is 4. The Labute approximate surface area is 163 Å². The van der Waals surface area contributed by atoms with Crippen molar-refractivity contribution < 1.29 is 23.2 Å². The summed E-state index contributed by atoms with van der Waals surface area (Å²) in [5, 5.41) is 0. The molecule has 148 valence electrons. The molecule has 0 fully saturated rings. The first kappa shape index (κ1) is 18.7. The lowest BCUT2D eigenvalue weighted by Gasteiger charge is -2.45. The van der Waals surface area contributed by atoms with E-state index in [1.54, 1.807) is 7.11 Å². The number of fused-ring (bicyclic) bond motifs is 4. The van der Waals surface area contributed by atoms with Crippen LogP contribution in [0.15, 0.2) is 29.0 Å². The quantitative estimate of drug-likeness (QED) is 0.713. The minimum Gasteiger partial charge on any atom is -0.497 e. The minimum atomic E-state index is -1.33. The van der Waals surface area contributed by atoms with Gasteiger partial charge in [0.05, 0.1) is 13.7 Å². The van der Waals surface area contributed by atoms with Gasteiger partial charge in [0.1, 0.15) is 32.8 Å². The second-order valence-electron chi connectivity index (χ2n) is 9.22. The molecular formula is C21H28O5S. The zero-order valence-electron chi connectivity index (χ0n) is 17.0. The molecule has 3 aliphatic heterocycles. The summed E-state index contributed by atoms with van der Waals surface area (Å²) in [6, 6.07) is 5.84. The third kappa shape index (κ3) is 2.52. The van der Waals surface area contributed by atoms with Gasteiger partial charge in [0.25, 0.3) is 5.95 Å². The van der Waals surface area contributed by atoms with E-state index in [2.05, 4.69) is 20.8 Å². The molecule has 0 bridgehead atoms. The molecule has 3 heterocycles. The number of allylic oxidation sites excluding steroid dienone is 1. The van der Waals surface area contributed by atoms with Gasteiger partial charge in [-0.1, -0.05) is 26.8 Å². The highest BCUT2D eigenvalue weighted by atomic mass is 32.2. The van der Waals surface area contributed by atoms with E-state index in [1.807, 2.05) is 39.0 Å². The van der Waals surface area contributed by atoms with Gasteiger partial charge in [0.15, 0.2) is 4.93 Å². The Morgan fingerprint density at radius 3 is 2.52 bits per heavy atom. The van der Waals surface area contributed by atoms with Crippen molar-refractivity contribution in [2.24, 2.45) is 11.3 Å². The molecule has 0 amide bonds. The Hall–Kier alpha value is -1.69. The van der Waals surface area contributed by atoms with Gasteiger partial charge in [0, 0.05) is 28.9 Å². The smallest absolute Gasteiger partial charge is 0.294 e. The predicted octanol–water partition coefficient (Wildman–Crippen LogP) is 4.31. The van der Waals surface area contributed by atoms with Crippen LogP contribution in [0.4, 0.5) is 0 Å². The lowest BCUT2D eigenvalue weighted by atomic mass is 9.74. The van der Waals surface area contributed by atoms with E-state index in [-0.39, 0.29) is 17.3 Å². The maximum absolute atomic E-state index is 13.7. The molecular weight excluding hydrogens is 364 g/mol. The van der Waals surface area contributed by atoms with Gasteiger partial charge < -0.3 is 18.9 Å². The summed E-state index contributed by atoms with van der Waals surface area (Å²) >= 11 is 0. The first-order chi connectivity index (χ1) is 12.5. The van der Waals surface area contributed by atoms with Gasteiger partial charge in [-0.05, 0) is 26.8 Å². The van der Waals surface area contributed by atoms with Crippen LogP contribution in [0.25, 0.3) is 0 Å². The van der Waals surface area contributed by atoms with Gasteiger partial charge in [-0.3, -0.25) is 4.21 Å². The lowest BCUT2D eigenvalue weighted by molar-refractivity contribution is -0.141. The monoisotopic (exact) mass is 392 g/mol. The van der Waals surface area contributed by atoms with Crippen molar-refractivity contribution in [3.63, 3.8) is 0 Å². The highest BCUT2D eigenvalue weighted by Crippen LogP contribution is 2.59. The molecule has 4 rings (SSSR count). The van der Waals surface area contributed by atoms with Crippen LogP contribution in [0.2, 0.25) is 0 Å². The van der Waals surface area contributed by atoms with Crippen molar-refractivity contribution in [2.75, 3.05) is 13.7 Å². The Morgan fingerprint density at radius 1 is 1.19 bits per heavy atom. The Bertz CT molecular complexity index is 851. The summed E-state index contributed by atoms with van der Waals surface area (Å²) in [5.41, 5.74) is 0.214. The van der Waals surface area contributed by atoms with Gasteiger partial charge in [-0.25, -0.2) is 0 Å². The van der Waals surface area contributed by atoms with E-state index in [4.69, 9.17) is 18.9 Å². The highest BCUT2D eigenvalue weighted by molar-refractivity contribution is 7.90. The summed E-state index contributed by atoms with van der Waals surface area (Å²) in [6.45, 7) is 12.7. The number of hydrogen-bond donors (Lipinski definition) is 0. The van der Waals surface area contributed by atoms with Crippen molar-refractivity contribution in [3.05, 3.63) is 34.6 Å². The predicted molar refractivity (Wildman–Crippen MR) is 104 cm³/mol. The van der Waals surface area contributed by atoms with E-state index in [0.29, 0.717) is 12.6 Å². The Balaban J connectivity index is 1.88. The summed E-state index contributed by atoms with van der Waals surface area (Å²) in [4.78, 5) is -0.0837. The SMILES string of the molecule is COc1ccc2c(c1)OC[C@H]1[C@@H]2C2=C(OC1(C)C)O[C@](C)(C(C)(C)C)S2=O. The summed E-state index contributed by atoms with van der Waals surface area (Å²) in [5.74, 6) is 1.94. The molecule has 27 heavy (non-hydrogen) atoms. The fourth-order valence-electron chi connectivity index (χ4n) is 4.05. The average molecular weight is 393 g/mol. The van der Waals surface area contributed by atoms with Gasteiger partial charge in [-0.2, -0.15) is 0 Å². The Morgan fingerprint density at radius 2 is 1.89 bits per heavy atom. The minimum absolute atomic E-state index is 0.0482. The van der Waals surface area contributed by atoms with Crippen molar-refractivity contribution in [3.8, 4) is 11.5 Å². The largest absolute Gasteiger partial charge is 0.497 e. The van der Waals surface area contributed by atoms with Crippen LogP contribution in [0.1, 0.15) is 53.0 Å². The van der Waals surface area contributed by atoms with E-state index in [9.17, 15) is 4.21 Å². The summed E-state index contributed by atoms with van der Waals surface area (Å²) < 4.78 is 37.6. The standard InChI is InChI=1S/C21H28O5S/c1-19(2,3)21(6)26-18-17(27(21)22)16-13-9-8-12(23-7)10-15(13)24-11-14(16)20(4,5)25-18/h8-10,14,16H,11H2,1-7H3/t14-,16+,21-,27?/m0/s1. The van der Waals surface area contributed by atoms with Gasteiger partial charge in [-0.15, -0.1) is 0 Å². The maximum atomic E-state index is 13.7. The van der Waals surface area contributed by atoms with E-state index in [0.717, 1.165) is 22.0 Å². The van der Waals surface area contributed by atoms with Crippen LogP contribution >= 0.6 is 0 Å². The summed E-state index contributed by atoms with van der Waals surface area (Å²) in [6.07, 6.45) is 0. The van der Waals surface area contributed by atoms with Crippen molar-refractivity contribution in [1.29, 1.82) is 0 Å². The second-order valence-corrected chi connectivity index (χ2v) is 11.0. The molecule has 5 nitrogen and oxygen atoms in total. The van der Waals surface area contributed by atoms with Crippen LogP contribution in [-0.4, -0.2) is 28.5 Å². The molecule has 1 unspecified atom stereocenters. The van der Waals surface area contributed by atoms with Crippen molar-refractivity contribution >= 4 is 10.8 Å². The van der Waals surface area contributed by atoms with Crippen LogP contribution in [0, 0.1) is 11.3 Å². The fraction of sp³-hybridized carbons (Fsp3) is 0.619. The maximum Gasteiger partial charge on any atom is 0.294 e. The molecule has 0 saturated carbocycles. The molecule has 0 N–H and O–H groups in total. The Kier molecular flexibility index (Phi) is 3.91. The molecule has 6 heteroatoms. The molecule has 0 aromatic heterocycles. The molecule has 1 aromatic rings. The van der Waals surface area contributed by atoms with Gasteiger partial charge in [0.2, 0.25) is 0 Å². The number of benzene rings is 1. The normalized spacial score (nSPS) is 33.8.